The lowest BCUT2D eigenvalue weighted by Crippen LogP contribution is -2.40. The molecule has 4 nitrogen and oxygen atoms in total. The van der Waals surface area contributed by atoms with Gasteiger partial charge in [0.05, 0.1) is 12.1 Å². The Morgan fingerprint density at radius 2 is 1.53 bits per heavy atom. The van der Waals surface area contributed by atoms with Gasteiger partial charge in [0.25, 0.3) is 5.91 Å². The van der Waals surface area contributed by atoms with Crippen molar-refractivity contribution in [2.75, 3.05) is 0 Å². The second-order valence-electron chi connectivity index (χ2n) is 11.1. The van der Waals surface area contributed by atoms with E-state index in [1.807, 2.05) is 25.7 Å². The first-order valence-corrected chi connectivity index (χ1v) is 12.7. The van der Waals surface area contributed by atoms with E-state index in [2.05, 4.69) is 55.3 Å². The molecule has 0 bridgehead atoms. The molecular formula is C28H34F3N3OS. The highest BCUT2D eigenvalue weighted by Gasteiger charge is 2.30. The van der Waals surface area contributed by atoms with Crippen LogP contribution in [-0.2, 0) is 31.2 Å². The van der Waals surface area contributed by atoms with E-state index in [4.69, 9.17) is 0 Å². The molecular weight excluding hydrogens is 483 g/mol. The van der Waals surface area contributed by atoms with Crippen molar-refractivity contribution in [3.63, 3.8) is 0 Å². The Hall–Kier alpha value is -2.71. The molecule has 0 unspecified atom stereocenters. The molecule has 3 rings (SSSR count). The molecule has 0 spiro atoms. The van der Waals surface area contributed by atoms with Crippen molar-refractivity contribution >= 4 is 17.2 Å². The monoisotopic (exact) mass is 517 g/mol. The van der Waals surface area contributed by atoms with Crippen LogP contribution in [0.4, 0.5) is 13.2 Å². The number of carbonyl (C=O) groups excluding carboxylic acids is 1. The maximum Gasteiger partial charge on any atom is 0.416 e. The van der Waals surface area contributed by atoms with E-state index in [0.717, 1.165) is 16.6 Å². The summed E-state index contributed by atoms with van der Waals surface area (Å²) in [5.74, 6) is -0.243. The van der Waals surface area contributed by atoms with Crippen LogP contribution in [0.5, 0.6) is 0 Å². The average molecular weight is 518 g/mol. The average Bonchev–Trinajstić information content (AvgIpc) is 3.20. The topological polar surface area (TPSA) is 45.2 Å². The van der Waals surface area contributed by atoms with Crippen LogP contribution in [0.15, 0.2) is 53.9 Å². The molecule has 0 aliphatic carbocycles. The molecule has 0 atom stereocenters. The summed E-state index contributed by atoms with van der Waals surface area (Å²) >= 11 is 1.37. The van der Waals surface area contributed by atoms with Crippen molar-refractivity contribution in [3.05, 3.63) is 86.9 Å². The van der Waals surface area contributed by atoms with Crippen molar-refractivity contribution < 1.29 is 18.0 Å². The van der Waals surface area contributed by atoms with Crippen LogP contribution in [0.1, 0.15) is 79.3 Å². The number of alkyl halides is 3. The second kappa shape index (κ2) is 10.7. The Labute approximate surface area is 215 Å². The molecule has 0 aliphatic heterocycles. The van der Waals surface area contributed by atoms with Crippen LogP contribution >= 0.6 is 11.3 Å². The third kappa shape index (κ3) is 8.17. The van der Waals surface area contributed by atoms with Gasteiger partial charge in [0.15, 0.2) is 0 Å². The summed E-state index contributed by atoms with van der Waals surface area (Å²) in [6, 6.07) is 13.7. The molecule has 36 heavy (non-hydrogen) atoms. The molecule has 0 saturated heterocycles. The maximum atomic E-state index is 13.3. The number of rotatable bonds is 7. The fourth-order valence-corrected chi connectivity index (χ4v) is 4.54. The highest BCUT2D eigenvalue weighted by Crippen LogP contribution is 2.30. The van der Waals surface area contributed by atoms with Crippen LogP contribution < -0.4 is 5.32 Å². The minimum absolute atomic E-state index is 0.0289. The van der Waals surface area contributed by atoms with Crippen molar-refractivity contribution in [1.82, 2.24) is 15.2 Å². The molecule has 0 radical (unpaired) electrons. The number of nitrogens with zero attached hydrogens (tertiary/aromatic N) is 2. The summed E-state index contributed by atoms with van der Waals surface area (Å²) in [7, 11) is 0. The zero-order chi connectivity index (χ0) is 26.7. The number of benzene rings is 2. The molecule has 1 aromatic heterocycles. The predicted molar refractivity (Wildman–Crippen MR) is 139 cm³/mol. The lowest BCUT2D eigenvalue weighted by molar-refractivity contribution is -0.137. The van der Waals surface area contributed by atoms with Gasteiger partial charge in [0.2, 0.25) is 0 Å². The zero-order valence-corrected chi connectivity index (χ0v) is 22.5. The highest BCUT2D eigenvalue weighted by molar-refractivity contribution is 7.09. The molecule has 3 aromatic rings. The molecule has 8 heteroatoms. The Morgan fingerprint density at radius 3 is 2.11 bits per heavy atom. The predicted octanol–water partition coefficient (Wildman–Crippen LogP) is 7.19. The van der Waals surface area contributed by atoms with E-state index in [1.54, 1.807) is 11.4 Å². The Bertz CT molecular complexity index is 1170. The highest BCUT2D eigenvalue weighted by atomic mass is 32.1. The molecule has 1 heterocycles. The zero-order valence-electron chi connectivity index (χ0n) is 21.7. The first kappa shape index (κ1) is 27.9. The van der Waals surface area contributed by atoms with Gasteiger partial charge in [-0.2, -0.15) is 13.2 Å². The third-order valence-electron chi connectivity index (χ3n) is 5.52. The number of hydrogen-bond donors (Lipinski definition) is 1. The fraction of sp³-hybridized carbons (Fsp3) is 0.429. The largest absolute Gasteiger partial charge is 0.416 e. The van der Waals surface area contributed by atoms with Gasteiger partial charge in [-0.05, 0) is 48.9 Å². The van der Waals surface area contributed by atoms with E-state index in [9.17, 15) is 18.0 Å². The number of halogens is 3. The number of nitrogens with one attached hydrogen (secondary N) is 1. The minimum atomic E-state index is -4.39. The van der Waals surface area contributed by atoms with Gasteiger partial charge >= 0.3 is 6.18 Å². The molecule has 0 fully saturated rings. The van der Waals surface area contributed by atoms with Gasteiger partial charge in [0, 0.05) is 24.0 Å². The van der Waals surface area contributed by atoms with E-state index in [-0.39, 0.29) is 16.9 Å². The standard InChI is InChI=1S/C28H34F3N3OS/c1-26(2,3)21-12-10-19(11-13-21)15-34(16-20-8-7-9-22(14-20)28(29,30)31)17-24-32-23(18-36-24)25(35)33-27(4,5)6/h7-14,18H,15-17H2,1-6H3,(H,33,35). The van der Waals surface area contributed by atoms with Gasteiger partial charge < -0.3 is 5.32 Å². The van der Waals surface area contributed by atoms with Crippen molar-refractivity contribution in [2.24, 2.45) is 0 Å². The Balaban J connectivity index is 1.83. The summed E-state index contributed by atoms with van der Waals surface area (Å²) in [5, 5.41) is 5.35. The van der Waals surface area contributed by atoms with Gasteiger partial charge in [0.1, 0.15) is 10.7 Å². The second-order valence-corrected chi connectivity index (χ2v) is 12.1. The quantitative estimate of drug-likeness (QED) is 0.361. The normalized spacial score (nSPS) is 12.7. The van der Waals surface area contributed by atoms with Crippen LogP contribution in [0.2, 0.25) is 0 Å². The summed E-state index contributed by atoms with van der Waals surface area (Å²) in [5.41, 5.74) is 2.17. The minimum Gasteiger partial charge on any atom is -0.346 e. The van der Waals surface area contributed by atoms with E-state index in [0.29, 0.717) is 30.9 Å². The molecule has 2 aromatic carbocycles. The van der Waals surface area contributed by atoms with E-state index in [1.165, 1.54) is 29.0 Å². The van der Waals surface area contributed by atoms with E-state index >= 15 is 0 Å². The first-order chi connectivity index (χ1) is 16.6. The number of thiazole rings is 1. The third-order valence-corrected chi connectivity index (χ3v) is 6.35. The van der Waals surface area contributed by atoms with Crippen LogP contribution in [0.3, 0.4) is 0 Å². The molecule has 194 valence electrons. The summed E-state index contributed by atoms with van der Waals surface area (Å²) in [6.45, 7) is 13.4. The molecule has 1 amide bonds. The van der Waals surface area contributed by atoms with Gasteiger partial charge in [-0.15, -0.1) is 11.3 Å². The van der Waals surface area contributed by atoms with E-state index < -0.39 is 11.7 Å². The summed E-state index contributed by atoms with van der Waals surface area (Å²) in [6.07, 6.45) is -4.39. The SMILES string of the molecule is CC(C)(C)NC(=O)c1csc(CN(Cc2ccc(C(C)(C)C)cc2)Cc2cccc(C(F)(F)F)c2)n1. The lowest BCUT2D eigenvalue weighted by Gasteiger charge is -2.23. The Morgan fingerprint density at radius 1 is 0.889 bits per heavy atom. The van der Waals surface area contributed by atoms with Gasteiger partial charge in [-0.3, -0.25) is 9.69 Å². The van der Waals surface area contributed by atoms with Crippen molar-refractivity contribution in [3.8, 4) is 0 Å². The number of amides is 1. The van der Waals surface area contributed by atoms with Gasteiger partial charge in [-0.25, -0.2) is 4.98 Å². The fourth-order valence-electron chi connectivity index (χ4n) is 3.72. The van der Waals surface area contributed by atoms with Crippen molar-refractivity contribution in [1.29, 1.82) is 0 Å². The van der Waals surface area contributed by atoms with Crippen molar-refractivity contribution in [2.45, 2.75) is 78.3 Å². The molecule has 1 N–H and O–H groups in total. The van der Waals surface area contributed by atoms with Crippen LogP contribution in [-0.4, -0.2) is 21.3 Å². The lowest BCUT2D eigenvalue weighted by atomic mass is 9.87. The number of aromatic nitrogens is 1. The maximum absolute atomic E-state index is 13.3. The smallest absolute Gasteiger partial charge is 0.346 e. The van der Waals surface area contributed by atoms with Crippen LogP contribution in [0, 0.1) is 0 Å². The summed E-state index contributed by atoms with van der Waals surface area (Å²) in [4.78, 5) is 19.1. The number of hydrogen-bond acceptors (Lipinski definition) is 4. The Kier molecular flexibility index (Phi) is 8.30. The number of carbonyl (C=O) groups is 1. The van der Waals surface area contributed by atoms with Gasteiger partial charge in [-0.1, -0.05) is 63.2 Å². The summed E-state index contributed by atoms with van der Waals surface area (Å²) < 4.78 is 39.8. The van der Waals surface area contributed by atoms with Crippen LogP contribution in [0.25, 0.3) is 0 Å². The molecule has 0 aliphatic rings. The first-order valence-electron chi connectivity index (χ1n) is 11.8. The molecule has 0 saturated carbocycles.